The van der Waals surface area contributed by atoms with E-state index in [1.807, 2.05) is 0 Å². The van der Waals surface area contributed by atoms with Gasteiger partial charge in [0.2, 0.25) is 0 Å². The lowest BCUT2D eigenvalue weighted by molar-refractivity contribution is 0.0262. The molecule has 0 aliphatic rings. The fourth-order valence-electron chi connectivity index (χ4n) is 0.0818. The third kappa shape index (κ3) is 6.25. The highest BCUT2D eigenvalue weighted by molar-refractivity contribution is 6.17. The molecule has 0 aliphatic carbocycles. The largest absolute Gasteiger partial charge is 0.360 e. The minimum Gasteiger partial charge on any atom is -0.360 e. The summed E-state index contributed by atoms with van der Waals surface area (Å²) in [5.41, 5.74) is -3.27. The van der Waals surface area contributed by atoms with E-state index in [1.165, 1.54) is 0 Å². The summed E-state index contributed by atoms with van der Waals surface area (Å²) < 4.78 is 68.1. The Balaban J connectivity index is 5.82. The molecule has 0 bridgehead atoms. The third-order valence-corrected chi connectivity index (χ3v) is 0.380. The first kappa shape index (κ1) is 1.22. The van der Waals surface area contributed by atoms with Crippen molar-refractivity contribution >= 4 is 11.6 Å². The molecule has 0 fully saturated rings. The fraction of sp³-hybridized carbons (Fsp3) is 1.00. The van der Waals surface area contributed by atoms with Gasteiger partial charge in [0.05, 0.1) is 5.60 Å². The smallest absolute Gasteiger partial charge is 0.121 e. The van der Waals surface area contributed by atoms with Crippen LogP contribution < -0.4 is 0 Å². The van der Waals surface area contributed by atoms with Crippen LogP contribution in [0.1, 0.15) is 32.9 Å². The molecule has 0 saturated carbocycles. The van der Waals surface area contributed by atoms with E-state index in [2.05, 4.69) is 4.74 Å². The second-order valence-electron chi connectivity index (χ2n) is 0.935. The SMILES string of the molecule is [2H]C([2H])([2H])C(OCCl)(C([2H])([2H])[2H])C([2H])([2H])[2H]. The second-order valence-corrected chi connectivity index (χ2v) is 1.15. The molecule has 0 atom stereocenters. The Morgan fingerprint density at radius 2 is 2.29 bits per heavy atom. The third-order valence-electron chi connectivity index (χ3n) is 0.271. The van der Waals surface area contributed by atoms with Gasteiger partial charge in [0, 0.05) is 12.3 Å². The predicted molar refractivity (Wildman–Crippen MR) is 31.6 cm³/mol. The molecule has 0 saturated heterocycles. The van der Waals surface area contributed by atoms with Crippen molar-refractivity contribution in [3.05, 3.63) is 0 Å². The minimum absolute atomic E-state index is 0.838. The molecule has 0 aromatic rings. The average molecular weight is 132 g/mol. The van der Waals surface area contributed by atoms with Crippen LogP contribution in [-0.2, 0) is 4.74 Å². The van der Waals surface area contributed by atoms with Gasteiger partial charge in [-0.3, -0.25) is 0 Å². The summed E-state index contributed by atoms with van der Waals surface area (Å²) in [6, 6.07) is -0.838. The highest BCUT2D eigenvalue weighted by Crippen LogP contribution is 2.05. The van der Waals surface area contributed by atoms with Crippen LogP contribution in [0.5, 0.6) is 0 Å². The van der Waals surface area contributed by atoms with E-state index < -0.39 is 32.2 Å². The van der Waals surface area contributed by atoms with Crippen molar-refractivity contribution < 1.29 is 17.1 Å². The molecule has 0 spiro atoms. The van der Waals surface area contributed by atoms with Crippen LogP contribution in [0, 0.1) is 0 Å². The monoisotopic (exact) mass is 131 g/mol. The van der Waals surface area contributed by atoms with Crippen molar-refractivity contribution in [2.75, 3.05) is 6.07 Å². The molecule has 7 heavy (non-hydrogen) atoms. The Labute approximate surface area is 62.3 Å². The zero-order chi connectivity index (χ0) is 13.4. The normalized spacial score (nSPS) is 36.4. The van der Waals surface area contributed by atoms with Gasteiger partial charge in [-0.05, 0) is 20.6 Å². The van der Waals surface area contributed by atoms with Crippen LogP contribution in [0.25, 0.3) is 0 Å². The molecule has 0 aromatic carbocycles. The van der Waals surface area contributed by atoms with Crippen LogP contribution in [0.15, 0.2) is 0 Å². The maximum atomic E-state index is 7.08. The maximum Gasteiger partial charge on any atom is 0.121 e. The van der Waals surface area contributed by atoms with Crippen molar-refractivity contribution in [3.8, 4) is 0 Å². The van der Waals surface area contributed by atoms with Gasteiger partial charge in [-0.1, -0.05) is 11.6 Å². The van der Waals surface area contributed by atoms with Gasteiger partial charge >= 0.3 is 0 Å². The lowest BCUT2D eigenvalue weighted by Crippen LogP contribution is -2.17. The highest BCUT2D eigenvalue weighted by Gasteiger charge is 2.07. The molecule has 0 unspecified atom stereocenters. The number of alkyl halides is 1. The zero-order valence-electron chi connectivity index (χ0n) is 12.5. The standard InChI is InChI=1S/C5H11ClO/c1-5(2,3)7-4-6/h4H2,1-3H3/i1D3,2D3,3D3. The van der Waals surface area contributed by atoms with E-state index in [0.717, 1.165) is 0 Å². The van der Waals surface area contributed by atoms with Crippen molar-refractivity contribution in [1.82, 2.24) is 0 Å². The highest BCUT2D eigenvalue weighted by atomic mass is 35.5. The number of rotatable bonds is 1. The molecule has 44 valence electrons. The maximum absolute atomic E-state index is 7.08. The Morgan fingerprint density at radius 3 is 2.43 bits per heavy atom. The van der Waals surface area contributed by atoms with E-state index in [1.54, 1.807) is 0 Å². The zero-order valence-corrected chi connectivity index (χ0v) is 4.25. The molecule has 0 rings (SSSR count). The fourth-order valence-corrected chi connectivity index (χ4v) is 0.245. The summed E-state index contributed by atoms with van der Waals surface area (Å²) >= 11 is 5.13. The van der Waals surface area contributed by atoms with Gasteiger partial charge in [-0.15, -0.1) is 0 Å². The summed E-state index contributed by atoms with van der Waals surface area (Å²) in [4.78, 5) is 0. The molecular weight excluding hydrogens is 112 g/mol. The Bertz CT molecular complexity index is 202. The van der Waals surface area contributed by atoms with Crippen LogP contribution in [0.4, 0.5) is 0 Å². The van der Waals surface area contributed by atoms with Crippen LogP contribution in [0.2, 0.25) is 0 Å². The molecular formula is C5H11ClO. The van der Waals surface area contributed by atoms with Gasteiger partial charge in [0.1, 0.15) is 6.07 Å². The van der Waals surface area contributed by atoms with Crippen LogP contribution in [0.3, 0.4) is 0 Å². The second kappa shape index (κ2) is 2.53. The molecule has 2 heteroatoms. The first-order valence-corrected chi connectivity index (χ1v) is 2.04. The Hall–Kier alpha value is 0.250. The Morgan fingerprint density at radius 1 is 1.71 bits per heavy atom. The van der Waals surface area contributed by atoms with E-state index >= 15 is 0 Å². The number of hydrogen-bond acceptors (Lipinski definition) is 1. The van der Waals surface area contributed by atoms with Gasteiger partial charge in [-0.2, -0.15) is 0 Å². The van der Waals surface area contributed by atoms with Crippen molar-refractivity contribution in [2.45, 2.75) is 26.2 Å². The number of hydrogen-bond donors (Lipinski definition) is 0. The number of halogens is 1. The molecule has 0 N–H and O–H groups in total. The summed E-state index contributed by atoms with van der Waals surface area (Å²) in [5.74, 6) is 0. The molecule has 0 amide bonds. The lowest BCUT2D eigenvalue weighted by atomic mass is 10.2. The van der Waals surface area contributed by atoms with E-state index in [4.69, 9.17) is 23.9 Å². The van der Waals surface area contributed by atoms with E-state index in [0.29, 0.717) is 0 Å². The number of ether oxygens (including phenoxy) is 1. The van der Waals surface area contributed by atoms with Gasteiger partial charge in [-0.25, -0.2) is 0 Å². The molecule has 0 aliphatic heterocycles. The van der Waals surface area contributed by atoms with Crippen molar-refractivity contribution in [2.24, 2.45) is 0 Å². The van der Waals surface area contributed by atoms with Crippen LogP contribution in [-0.4, -0.2) is 11.7 Å². The quantitative estimate of drug-likeness (QED) is 0.495. The first-order valence-electron chi connectivity index (χ1n) is 6.01. The molecule has 1 nitrogen and oxygen atoms in total. The van der Waals surface area contributed by atoms with Gasteiger partial charge in [0.25, 0.3) is 0 Å². The van der Waals surface area contributed by atoms with E-state index in [9.17, 15) is 0 Å². The predicted octanol–water partition coefficient (Wildman–Crippen LogP) is 2.00. The van der Waals surface area contributed by atoms with Gasteiger partial charge in [0.15, 0.2) is 0 Å². The Kier molecular flexibility index (Phi) is 0.440. The van der Waals surface area contributed by atoms with Crippen molar-refractivity contribution in [3.63, 3.8) is 0 Å². The topological polar surface area (TPSA) is 9.23 Å². The van der Waals surface area contributed by atoms with Crippen LogP contribution >= 0.6 is 11.6 Å². The summed E-state index contributed by atoms with van der Waals surface area (Å²) in [6.45, 7) is -10.0. The summed E-state index contributed by atoms with van der Waals surface area (Å²) in [6.07, 6.45) is 0. The van der Waals surface area contributed by atoms with E-state index in [-0.39, 0.29) is 0 Å². The average Bonchev–Trinajstić information content (AvgIpc) is 1.91. The van der Waals surface area contributed by atoms with Crippen molar-refractivity contribution in [1.29, 1.82) is 0 Å². The summed E-state index contributed by atoms with van der Waals surface area (Å²) in [5, 5.41) is 0. The molecule has 0 radical (unpaired) electrons. The lowest BCUT2D eigenvalue weighted by Gasteiger charge is -2.16. The summed E-state index contributed by atoms with van der Waals surface area (Å²) in [7, 11) is 0. The molecule has 0 aromatic heterocycles. The van der Waals surface area contributed by atoms with Gasteiger partial charge < -0.3 is 4.74 Å². The minimum atomic E-state index is -3.35. The first-order chi connectivity index (χ1) is 6.81. The molecule has 0 heterocycles.